The fourth-order valence-electron chi connectivity index (χ4n) is 2.04. The number of aldehydes is 1. The highest BCUT2D eigenvalue weighted by Gasteiger charge is 2.28. The molecule has 1 N–H and O–H groups in total. The average molecular weight is 332 g/mol. The standard InChI is InChI=1S/C13H18ClN3O3S/c1-13(2,3)20-12(19)15-8-4-5-17(6-8)11-16-10(14)9(7-18)21-11/h7-8H,4-6H2,1-3H3,(H,15,19)/t8-/m0/s1. The van der Waals surface area contributed by atoms with Crippen molar-refractivity contribution >= 4 is 40.4 Å². The molecule has 0 unspecified atom stereocenters. The van der Waals surface area contributed by atoms with E-state index >= 15 is 0 Å². The summed E-state index contributed by atoms with van der Waals surface area (Å²) in [6.07, 6.45) is 1.09. The van der Waals surface area contributed by atoms with Crippen molar-refractivity contribution in [1.82, 2.24) is 10.3 Å². The van der Waals surface area contributed by atoms with Gasteiger partial charge in [-0.3, -0.25) is 4.79 Å². The van der Waals surface area contributed by atoms with E-state index in [0.717, 1.165) is 13.0 Å². The molecule has 0 saturated carbocycles. The second kappa shape index (κ2) is 6.19. The van der Waals surface area contributed by atoms with Crippen molar-refractivity contribution in [2.24, 2.45) is 0 Å². The lowest BCUT2D eigenvalue weighted by Gasteiger charge is -2.21. The number of hydrogen-bond donors (Lipinski definition) is 1. The Labute approximate surface area is 132 Å². The van der Waals surface area contributed by atoms with Gasteiger partial charge in [0.2, 0.25) is 0 Å². The summed E-state index contributed by atoms with van der Waals surface area (Å²) in [5.41, 5.74) is -0.510. The second-order valence-corrected chi connectivity index (χ2v) is 7.21. The number of nitrogens with zero attached hydrogens (tertiary/aromatic N) is 2. The third-order valence-corrected chi connectivity index (χ3v) is 4.33. The molecule has 0 bridgehead atoms. The third-order valence-electron chi connectivity index (χ3n) is 2.89. The number of rotatable bonds is 3. The summed E-state index contributed by atoms with van der Waals surface area (Å²) in [5, 5.41) is 3.78. The smallest absolute Gasteiger partial charge is 0.407 e. The molecule has 6 nitrogen and oxygen atoms in total. The number of thiazole rings is 1. The zero-order valence-corrected chi connectivity index (χ0v) is 13.8. The Hall–Kier alpha value is -1.34. The van der Waals surface area contributed by atoms with Crippen molar-refractivity contribution in [3.63, 3.8) is 0 Å². The molecule has 1 amide bonds. The highest BCUT2D eigenvalue weighted by molar-refractivity contribution is 7.17. The summed E-state index contributed by atoms with van der Waals surface area (Å²) < 4.78 is 5.23. The first-order valence-corrected chi connectivity index (χ1v) is 7.84. The zero-order valence-electron chi connectivity index (χ0n) is 12.2. The lowest BCUT2D eigenvalue weighted by Crippen LogP contribution is -2.40. The number of anilines is 1. The predicted octanol–water partition coefficient (Wildman–Crippen LogP) is 2.71. The van der Waals surface area contributed by atoms with E-state index < -0.39 is 11.7 Å². The Balaban J connectivity index is 1.91. The molecule has 8 heteroatoms. The van der Waals surface area contributed by atoms with Crippen molar-refractivity contribution in [1.29, 1.82) is 0 Å². The van der Waals surface area contributed by atoms with Crippen LogP contribution in [0.5, 0.6) is 0 Å². The summed E-state index contributed by atoms with van der Waals surface area (Å²) in [6.45, 7) is 6.86. The number of ether oxygens (including phenoxy) is 1. The first-order valence-electron chi connectivity index (χ1n) is 6.64. The van der Waals surface area contributed by atoms with Crippen molar-refractivity contribution in [3.8, 4) is 0 Å². The van der Waals surface area contributed by atoms with Gasteiger partial charge in [-0.2, -0.15) is 0 Å². The molecule has 2 rings (SSSR count). The molecule has 0 aliphatic carbocycles. The second-order valence-electron chi connectivity index (χ2n) is 5.85. The van der Waals surface area contributed by atoms with Crippen LogP contribution in [0.25, 0.3) is 0 Å². The van der Waals surface area contributed by atoms with Gasteiger partial charge in [0.25, 0.3) is 0 Å². The molecular formula is C13H18ClN3O3S. The molecule has 1 saturated heterocycles. The van der Waals surface area contributed by atoms with E-state index in [4.69, 9.17) is 16.3 Å². The number of nitrogens with one attached hydrogen (secondary N) is 1. The Morgan fingerprint density at radius 3 is 2.86 bits per heavy atom. The van der Waals surface area contributed by atoms with Crippen LogP contribution in [0.1, 0.15) is 36.9 Å². The normalized spacial score (nSPS) is 18.7. The van der Waals surface area contributed by atoms with Crippen LogP contribution in [0.2, 0.25) is 5.15 Å². The first-order chi connectivity index (χ1) is 9.78. The zero-order chi connectivity index (χ0) is 15.6. The fraction of sp³-hybridized carbons (Fsp3) is 0.615. The molecule has 1 atom stereocenters. The minimum absolute atomic E-state index is 0.00204. The van der Waals surface area contributed by atoms with Gasteiger partial charge >= 0.3 is 6.09 Å². The SMILES string of the molecule is CC(C)(C)OC(=O)N[C@H]1CCN(c2nc(Cl)c(C=O)s2)C1. The number of alkyl carbamates (subject to hydrolysis) is 1. The van der Waals surface area contributed by atoms with E-state index in [1.807, 2.05) is 25.7 Å². The summed E-state index contributed by atoms with van der Waals surface area (Å²) in [4.78, 5) is 29.1. The van der Waals surface area contributed by atoms with Gasteiger partial charge in [0.15, 0.2) is 16.6 Å². The molecule has 1 aliphatic heterocycles. The van der Waals surface area contributed by atoms with Crippen LogP contribution in [0.15, 0.2) is 0 Å². The Morgan fingerprint density at radius 2 is 2.29 bits per heavy atom. The summed E-state index contributed by atoms with van der Waals surface area (Å²) in [5.74, 6) is 0. The highest BCUT2D eigenvalue weighted by atomic mass is 35.5. The molecule has 1 aliphatic rings. The fourth-order valence-corrected chi connectivity index (χ4v) is 3.13. The van der Waals surface area contributed by atoms with Gasteiger partial charge in [0.1, 0.15) is 10.5 Å². The summed E-state index contributed by atoms with van der Waals surface area (Å²) in [7, 11) is 0. The van der Waals surface area contributed by atoms with E-state index in [2.05, 4.69) is 10.3 Å². The molecular weight excluding hydrogens is 314 g/mol. The van der Waals surface area contributed by atoms with Gasteiger partial charge in [-0.15, -0.1) is 0 Å². The van der Waals surface area contributed by atoms with Gasteiger partial charge in [-0.1, -0.05) is 22.9 Å². The molecule has 2 heterocycles. The Kier molecular flexibility index (Phi) is 4.73. The quantitative estimate of drug-likeness (QED) is 0.862. The van der Waals surface area contributed by atoms with Crippen molar-refractivity contribution in [2.75, 3.05) is 18.0 Å². The molecule has 1 aromatic heterocycles. The maximum atomic E-state index is 11.7. The van der Waals surface area contributed by atoms with Crippen LogP contribution in [-0.2, 0) is 4.74 Å². The van der Waals surface area contributed by atoms with Crippen molar-refractivity contribution in [2.45, 2.75) is 38.8 Å². The van der Waals surface area contributed by atoms with Crippen LogP contribution in [0, 0.1) is 0 Å². The maximum absolute atomic E-state index is 11.7. The van der Waals surface area contributed by atoms with E-state index in [9.17, 15) is 9.59 Å². The van der Waals surface area contributed by atoms with Crippen LogP contribution >= 0.6 is 22.9 Å². The number of carbonyl (C=O) groups is 2. The number of carbonyl (C=O) groups excluding carboxylic acids is 2. The van der Waals surface area contributed by atoms with E-state index in [0.29, 0.717) is 22.8 Å². The molecule has 21 heavy (non-hydrogen) atoms. The molecule has 0 radical (unpaired) electrons. The number of aromatic nitrogens is 1. The number of halogens is 1. The topological polar surface area (TPSA) is 71.5 Å². The van der Waals surface area contributed by atoms with Crippen molar-refractivity contribution in [3.05, 3.63) is 10.0 Å². The van der Waals surface area contributed by atoms with Gasteiger partial charge in [0.05, 0.1) is 6.04 Å². The van der Waals surface area contributed by atoms with Crippen LogP contribution in [0.3, 0.4) is 0 Å². The van der Waals surface area contributed by atoms with Gasteiger partial charge in [-0.05, 0) is 27.2 Å². The lowest BCUT2D eigenvalue weighted by atomic mass is 10.2. The third kappa shape index (κ3) is 4.31. The summed E-state index contributed by atoms with van der Waals surface area (Å²) >= 11 is 7.13. The van der Waals surface area contributed by atoms with Gasteiger partial charge in [0, 0.05) is 13.1 Å². The highest BCUT2D eigenvalue weighted by Crippen LogP contribution is 2.30. The van der Waals surface area contributed by atoms with Crippen LogP contribution in [-0.4, -0.2) is 42.1 Å². The Morgan fingerprint density at radius 1 is 1.57 bits per heavy atom. The van der Waals surface area contributed by atoms with E-state index in [1.165, 1.54) is 11.3 Å². The lowest BCUT2D eigenvalue weighted by molar-refractivity contribution is 0.0509. The molecule has 0 aromatic carbocycles. The largest absolute Gasteiger partial charge is 0.444 e. The minimum atomic E-state index is -0.510. The molecule has 0 spiro atoms. The minimum Gasteiger partial charge on any atom is -0.444 e. The number of hydrogen-bond acceptors (Lipinski definition) is 6. The van der Waals surface area contributed by atoms with E-state index in [-0.39, 0.29) is 11.2 Å². The van der Waals surface area contributed by atoms with Gasteiger partial charge in [-0.25, -0.2) is 9.78 Å². The summed E-state index contributed by atoms with van der Waals surface area (Å²) in [6, 6.07) is 0.00204. The molecule has 1 aromatic rings. The molecule has 1 fully saturated rings. The first kappa shape index (κ1) is 16.0. The van der Waals surface area contributed by atoms with Crippen LogP contribution in [0.4, 0.5) is 9.93 Å². The van der Waals surface area contributed by atoms with E-state index in [1.54, 1.807) is 0 Å². The van der Waals surface area contributed by atoms with Gasteiger partial charge < -0.3 is 15.0 Å². The maximum Gasteiger partial charge on any atom is 0.407 e. The average Bonchev–Trinajstić information content (AvgIpc) is 2.93. The predicted molar refractivity (Wildman–Crippen MR) is 82.5 cm³/mol. The van der Waals surface area contributed by atoms with Crippen LogP contribution < -0.4 is 10.2 Å². The Bertz CT molecular complexity index is 541. The monoisotopic (exact) mass is 331 g/mol. The molecule has 116 valence electrons. The van der Waals surface area contributed by atoms with Crippen molar-refractivity contribution < 1.29 is 14.3 Å². The number of amides is 1.